The zero-order valence-electron chi connectivity index (χ0n) is 11.1. The lowest BCUT2D eigenvalue weighted by molar-refractivity contribution is 0.277. The van der Waals surface area contributed by atoms with Gasteiger partial charge in [0.15, 0.2) is 0 Å². The predicted octanol–water partition coefficient (Wildman–Crippen LogP) is 0.967. The van der Waals surface area contributed by atoms with Crippen molar-refractivity contribution in [3.05, 3.63) is 11.9 Å². The van der Waals surface area contributed by atoms with Crippen molar-refractivity contribution in [2.24, 2.45) is 5.84 Å². The third-order valence-electron chi connectivity index (χ3n) is 3.41. The van der Waals surface area contributed by atoms with E-state index >= 15 is 0 Å². The topological polar surface area (TPSA) is 79.1 Å². The summed E-state index contributed by atoms with van der Waals surface area (Å²) in [5.74, 6) is 7.56. The van der Waals surface area contributed by atoms with E-state index < -0.39 is 0 Å². The molecule has 1 atom stereocenters. The van der Waals surface area contributed by atoms with Crippen LogP contribution in [-0.4, -0.2) is 40.5 Å². The zero-order valence-corrected chi connectivity index (χ0v) is 11.1. The van der Waals surface area contributed by atoms with Gasteiger partial charge in [0.05, 0.1) is 0 Å². The van der Waals surface area contributed by atoms with Gasteiger partial charge < -0.3 is 10.7 Å². The SMILES string of the molecule is CCN1CCCC1CNc1cc(NN)nc(C)n1. The third-order valence-corrected chi connectivity index (χ3v) is 3.41. The molecule has 0 bridgehead atoms. The molecule has 4 N–H and O–H groups in total. The number of nitrogen functional groups attached to an aromatic ring is 1. The number of aromatic nitrogens is 2. The summed E-state index contributed by atoms with van der Waals surface area (Å²) in [6.45, 7) is 7.32. The molecule has 0 radical (unpaired) electrons. The molecule has 2 rings (SSSR count). The molecule has 1 fully saturated rings. The first-order valence-electron chi connectivity index (χ1n) is 6.53. The highest BCUT2D eigenvalue weighted by molar-refractivity contribution is 5.46. The Morgan fingerprint density at radius 1 is 1.44 bits per heavy atom. The highest BCUT2D eigenvalue weighted by Crippen LogP contribution is 2.17. The van der Waals surface area contributed by atoms with E-state index in [0.717, 1.165) is 18.9 Å². The summed E-state index contributed by atoms with van der Waals surface area (Å²) in [5.41, 5.74) is 2.55. The van der Waals surface area contributed by atoms with Gasteiger partial charge in [-0.15, -0.1) is 0 Å². The maximum atomic E-state index is 5.37. The van der Waals surface area contributed by atoms with Crippen LogP contribution in [0.15, 0.2) is 6.07 Å². The van der Waals surface area contributed by atoms with Crippen molar-refractivity contribution in [2.45, 2.75) is 32.7 Å². The van der Waals surface area contributed by atoms with Crippen molar-refractivity contribution in [3.8, 4) is 0 Å². The minimum atomic E-state index is 0.611. The number of nitrogens with two attached hydrogens (primary N) is 1. The van der Waals surface area contributed by atoms with Gasteiger partial charge in [-0.25, -0.2) is 15.8 Å². The lowest BCUT2D eigenvalue weighted by atomic mass is 10.2. The Kier molecular flexibility index (Phi) is 4.33. The van der Waals surface area contributed by atoms with Gasteiger partial charge in [-0.3, -0.25) is 4.90 Å². The zero-order chi connectivity index (χ0) is 13.0. The fourth-order valence-electron chi connectivity index (χ4n) is 2.50. The minimum Gasteiger partial charge on any atom is -0.368 e. The van der Waals surface area contributed by atoms with Crippen LogP contribution in [0.25, 0.3) is 0 Å². The van der Waals surface area contributed by atoms with E-state index in [1.807, 2.05) is 13.0 Å². The highest BCUT2D eigenvalue weighted by atomic mass is 15.3. The number of hydrogen-bond acceptors (Lipinski definition) is 6. The third kappa shape index (κ3) is 3.08. The van der Waals surface area contributed by atoms with Gasteiger partial charge in [0, 0.05) is 18.7 Å². The second kappa shape index (κ2) is 5.97. The molecular weight excluding hydrogens is 228 g/mol. The molecular formula is C12H22N6. The first-order chi connectivity index (χ1) is 8.72. The number of nitrogens with one attached hydrogen (secondary N) is 2. The summed E-state index contributed by atoms with van der Waals surface area (Å²) in [6.07, 6.45) is 2.55. The van der Waals surface area contributed by atoms with Crippen LogP contribution in [0.5, 0.6) is 0 Å². The lowest BCUT2D eigenvalue weighted by Crippen LogP contribution is -2.34. The Morgan fingerprint density at radius 3 is 2.94 bits per heavy atom. The molecule has 1 aromatic rings. The number of rotatable bonds is 5. The molecule has 0 spiro atoms. The first kappa shape index (κ1) is 13.0. The van der Waals surface area contributed by atoms with E-state index in [4.69, 9.17) is 5.84 Å². The molecule has 0 saturated carbocycles. The smallest absolute Gasteiger partial charge is 0.145 e. The Morgan fingerprint density at radius 2 is 2.22 bits per heavy atom. The number of likely N-dealkylation sites (tertiary alicyclic amines) is 1. The average molecular weight is 250 g/mol. The molecule has 0 aromatic carbocycles. The summed E-state index contributed by atoms with van der Waals surface area (Å²) in [6, 6.07) is 2.44. The van der Waals surface area contributed by atoms with Gasteiger partial charge >= 0.3 is 0 Å². The molecule has 6 nitrogen and oxygen atoms in total. The van der Waals surface area contributed by atoms with E-state index in [0.29, 0.717) is 17.7 Å². The van der Waals surface area contributed by atoms with Gasteiger partial charge in [-0.05, 0) is 32.9 Å². The van der Waals surface area contributed by atoms with Gasteiger partial charge in [0.1, 0.15) is 17.5 Å². The first-order valence-corrected chi connectivity index (χ1v) is 6.53. The van der Waals surface area contributed by atoms with Crippen LogP contribution >= 0.6 is 0 Å². The Hall–Kier alpha value is -1.40. The van der Waals surface area contributed by atoms with Crippen LogP contribution in [0, 0.1) is 6.92 Å². The van der Waals surface area contributed by atoms with E-state index in [1.165, 1.54) is 19.4 Å². The number of likely N-dealkylation sites (N-methyl/N-ethyl adjacent to an activating group) is 1. The molecule has 1 saturated heterocycles. The molecule has 1 aromatic heterocycles. The Labute approximate surface area is 108 Å². The van der Waals surface area contributed by atoms with Crippen molar-refractivity contribution in [3.63, 3.8) is 0 Å². The van der Waals surface area contributed by atoms with E-state index in [1.54, 1.807) is 0 Å². The van der Waals surface area contributed by atoms with Crippen LogP contribution in [0.2, 0.25) is 0 Å². The van der Waals surface area contributed by atoms with Crippen molar-refractivity contribution in [1.82, 2.24) is 14.9 Å². The molecule has 6 heteroatoms. The Bertz CT molecular complexity index is 394. The standard InChI is InChI=1S/C12H22N6/c1-3-18-6-4-5-10(18)8-14-11-7-12(17-13)16-9(2)15-11/h7,10H,3-6,8,13H2,1-2H3,(H2,14,15,16,17). The van der Waals surface area contributed by atoms with Crippen LogP contribution in [-0.2, 0) is 0 Å². The van der Waals surface area contributed by atoms with Crippen LogP contribution in [0.3, 0.4) is 0 Å². The Balaban J connectivity index is 1.95. The molecule has 2 heterocycles. The number of nitrogens with zero attached hydrogens (tertiary/aromatic N) is 3. The maximum absolute atomic E-state index is 5.37. The van der Waals surface area contributed by atoms with Crippen molar-refractivity contribution in [1.29, 1.82) is 0 Å². The maximum Gasteiger partial charge on any atom is 0.145 e. The van der Waals surface area contributed by atoms with Gasteiger partial charge in [0.2, 0.25) is 0 Å². The fourth-order valence-corrected chi connectivity index (χ4v) is 2.50. The van der Waals surface area contributed by atoms with E-state index in [9.17, 15) is 0 Å². The number of hydrogen-bond donors (Lipinski definition) is 3. The number of aryl methyl sites for hydroxylation is 1. The predicted molar refractivity (Wildman–Crippen MR) is 73.3 cm³/mol. The second-order valence-electron chi connectivity index (χ2n) is 4.64. The summed E-state index contributed by atoms with van der Waals surface area (Å²) < 4.78 is 0. The largest absolute Gasteiger partial charge is 0.368 e. The lowest BCUT2D eigenvalue weighted by Gasteiger charge is -2.23. The summed E-state index contributed by atoms with van der Waals surface area (Å²) >= 11 is 0. The summed E-state index contributed by atoms with van der Waals surface area (Å²) in [4.78, 5) is 11.0. The van der Waals surface area contributed by atoms with Crippen LogP contribution in [0.1, 0.15) is 25.6 Å². The summed E-state index contributed by atoms with van der Waals surface area (Å²) in [5, 5.41) is 3.38. The molecule has 1 aliphatic rings. The van der Waals surface area contributed by atoms with E-state index in [2.05, 4.69) is 32.5 Å². The number of hydrazine groups is 1. The molecule has 18 heavy (non-hydrogen) atoms. The van der Waals surface area contributed by atoms with E-state index in [-0.39, 0.29) is 0 Å². The second-order valence-corrected chi connectivity index (χ2v) is 4.64. The minimum absolute atomic E-state index is 0.611. The molecule has 1 aliphatic heterocycles. The molecule has 100 valence electrons. The highest BCUT2D eigenvalue weighted by Gasteiger charge is 2.22. The van der Waals surface area contributed by atoms with Crippen LogP contribution in [0.4, 0.5) is 11.6 Å². The van der Waals surface area contributed by atoms with Gasteiger partial charge in [0.25, 0.3) is 0 Å². The fraction of sp³-hybridized carbons (Fsp3) is 0.667. The van der Waals surface area contributed by atoms with Gasteiger partial charge in [-0.2, -0.15) is 0 Å². The monoisotopic (exact) mass is 250 g/mol. The molecule has 0 aliphatic carbocycles. The normalized spacial score (nSPS) is 20.1. The van der Waals surface area contributed by atoms with Crippen molar-refractivity contribution in [2.75, 3.05) is 30.4 Å². The average Bonchev–Trinajstić information content (AvgIpc) is 2.83. The van der Waals surface area contributed by atoms with Crippen molar-refractivity contribution >= 4 is 11.6 Å². The number of anilines is 2. The quantitative estimate of drug-likeness (QED) is 0.534. The van der Waals surface area contributed by atoms with Crippen LogP contribution < -0.4 is 16.6 Å². The molecule has 0 amide bonds. The summed E-state index contributed by atoms with van der Waals surface area (Å²) in [7, 11) is 0. The van der Waals surface area contributed by atoms with Crippen molar-refractivity contribution < 1.29 is 0 Å². The van der Waals surface area contributed by atoms with Gasteiger partial charge in [-0.1, -0.05) is 6.92 Å². The molecule has 1 unspecified atom stereocenters.